The third-order valence-electron chi connectivity index (χ3n) is 2.14. The molecule has 0 aliphatic rings. The molecule has 0 bridgehead atoms. The highest BCUT2D eigenvalue weighted by molar-refractivity contribution is 5.80. The summed E-state index contributed by atoms with van der Waals surface area (Å²) in [6.07, 6.45) is 1.80. The maximum atomic E-state index is 10.7. The quantitative estimate of drug-likeness (QED) is 0.337. The summed E-state index contributed by atoms with van der Waals surface area (Å²) in [5.74, 6) is 0.323. The maximum Gasteiger partial charge on any atom is 0.270 e. The third-order valence-corrected chi connectivity index (χ3v) is 2.14. The van der Waals surface area contributed by atoms with Gasteiger partial charge < -0.3 is 9.84 Å². The standard InChI is InChI=1S/C11H13NO5/c13-5-1-2-6-17-11-4-3-10(12(15)16)7-9(11)8-14/h3-4,7-8,13H,1-2,5-6H2. The van der Waals surface area contributed by atoms with Crippen molar-refractivity contribution in [2.24, 2.45) is 0 Å². The molecule has 1 rings (SSSR count). The molecule has 6 heteroatoms. The monoisotopic (exact) mass is 239 g/mol. The van der Waals surface area contributed by atoms with Gasteiger partial charge in [0.2, 0.25) is 0 Å². The van der Waals surface area contributed by atoms with Crippen LogP contribution in [0.1, 0.15) is 23.2 Å². The summed E-state index contributed by atoms with van der Waals surface area (Å²) in [5.41, 5.74) is 0.0120. The maximum absolute atomic E-state index is 10.7. The van der Waals surface area contributed by atoms with Crippen LogP contribution in [0.4, 0.5) is 5.69 Å². The number of nitrogens with zero attached hydrogens (tertiary/aromatic N) is 1. The number of nitro benzene ring substituents is 1. The average molecular weight is 239 g/mol. The summed E-state index contributed by atoms with van der Waals surface area (Å²) in [4.78, 5) is 20.7. The number of ether oxygens (including phenoxy) is 1. The molecule has 0 radical (unpaired) electrons. The summed E-state index contributed by atoms with van der Waals surface area (Å²) in [6, 6.07) is 3.86. The first kappa shape index (κ1) is 13.1. The first-order valence-electron chi connectivity index (χ1n) is 5.16. The van der Waals surface area contributed by atoms with Crippen molar-refractivity contribution in [1.82, 2.24) is 0 Å². The molecule has 0 aliphatic carbocycles. The Bertz CT molecular complexity index is 405. The van der Waals surface area contributed by atoms with Crippen LogP contribution in [-0.4, -0.2) is 29.5 Å². The second-order valence-electron chi connectivity index (χ2n) is 3.38. The minimum absolute atomic E-state index is 0.0875. The van der Waals surface area contributed by atoms with Gasteiger partial charge in [0, 0.05) is 18.7 Å². The zero-order valence-corrected chi connectivity index (χ0v) is 9.17. The van der Waals surface area contributed by atoms with E-state index in [2.05, 4.69) is 0 Å². The molecule has 0 aromatic heterocycles. The average Bonchev–Trinajstić information content (AvgIpc) is 2.34. The number of aldehydes is 1. The zero-order valence-electron chi connectivity index (χ0n) is 9.17. The molecule has 1 N–H and O–H groups in total. The zero-order chi connectivity index (χ0) is 12.7. The van der Waals surface area contributed by atoms with Gasteiger partial charge in [-0.25, -0.2) is 0 Å². The fourth-order valence-corrected chi connectivity index (χ4v) is 1.27. The molecule has 1 aromatic rings. The molecule has 0 heterocycles. The lowest BCUT2D eigenvalue weighted by Gasteiger charge is -2.07. The number of aliphatic hydroxyl groups excluding tert-OH is 1. The molecule has 0 atom stereocenters. The fourth-order valence-electron chi connectivity index (χ4n) is 1.27. The van der Waals surface area contributed by atoms with E-state index in [1.54, 1.807) is 0 Å². The second kappa shape index (κ2) is 6.59. The minimum Gasteiger partial charge on any atom is -0.493 e. The van der Waals surface area contributed by atoms with Crippen molar-refractivity contribution < 1.29 is 19.6 Å². The molecule has 0 spiro atoms. The molecule has 0 saturated carbocycles. The number of carbonyl (C=O) groups excluding carboxylic acids is 1. The van der Waals surface area contributed by atoms with Crippen molar-refractivity contribution in [2.75, 3.05) is 13.2 Å². The van der Waals surface area contributed by atoms with E-state index in [1.807, 2.05) is 0 Å². The van der Waals surface area contributed by atoms with Crippen molar-refractivity contribution in [3.8, 4) is 5.75 Å². The van der Waals surface area contributed by atoms with E-state index >= 15 is 0 Å². The Hall–Kier alpha value is -1.95. The van der Waals surface area contributed by atoms with Crippen molar-refractivity contribution in [3.63, 3.8) is 0 Å². The summed E-state index contributed by atoms with van der Waals surface area (Å²) in [5, 5.41) is 19.1. The van der Waals surface area contributed by atoms with Gasteiger partial charge in [-0.15, -0.1) is 0 Å². The molecule has 6 nitrogen and oxygen atoms in total. The number of rotatable bonds is 7. The largest absolute Gasteiger partial charge is 0.493 e. The molecule has 0 aliphatic heterocycles. The van der Waals surface area contributed by atoms with Crippen LogP contribution in [0.15, 0.2) is 18.2 Å². The predicted octanol–water partition coefficient (Wildman–Crippen LogP) is 1.56. The summed E-state index contributed by atoms with van der Waals surface area (Å²) in [7, 11) is 0. The van der Waals surface area contributed by atoms with Gasteiger partial charge in [0.1, 0.15) is 5.75 Å². The molecule has 92 valence electrons. The van der Waals surface area contributed by atoms with Crippen molar-refractivity contribution in [3.05, 3.63) is 33.9 Å². The van der Waals surface area contributed by atoms with Crippen molar-refractivity contribution in [1.29, 1.82) is 0 Å². The number of unbranched alkanes of at least 4 members (excludes halogenated alkanes) is 1. The Labute approximate surface area is 98.0 Å². The number of hydrogen-bond acceptors (Lipinski definition) is 5. The molecule has 17 heavy (non-hydrogen) atoms. The smallest absolute Gasteiger partial charge is 0.270 e. The third kappa shape index (κ3) is 3.84. The first-order valence-corrected chi connectivity index (χ1v) is 5.16. The Kier molecular flexibility index (Phi) is 5.09. The number of carbonyl (C=O) groups is 1. The number of hydrogen-bond donors (Lipinski definition) is 1. The Morgan fingerprint density at radius 3 is 2.76 bits per heavy atom. The van der Waals surface area contributed by atoms with Gasteiger partial charge in [0.05, 0.1) is 17.1 Å². The van der Waals surface area contributed by atoms with Crippen LogP contribution in [0.2, 0.25) is 0 Å². The van der Waals surface area contributed by atoms with Crippen molar-refractivity contribution in [2.45, 2.75) is 12.8 Å². The highest BCUT2D eigenvalue weighted by Crippen LogP contribution is 2.22. The number of nitro groups is 1. The Morgan fingerprint density at radius 2 is 2.18 bits per heavy atom. The van der Waals surface area contributed by atoms with Crippen LogP contribution < -0.4 is 4.74 Å². The van der Waals surface area contributed by atoms with Gasteiger partial charge in [0.25, 0.3) is 5.69 Å². The SMILES string of the molecule is O=Cc1cc([N+](=O)[O-])ccc1OCCCCO. The molecule has 0 unspecified atom stereocenters. The number of aliphatic hydroxyl groups is 1. The number of benzene rings is 1. The predicted molar refractivity (Wildman–Crippen MR) is 60.3 cm³/mol. The first-order chi connectivity index (χ1) is 8.19. The Morgan fingerprint density at radius 1 is 1.41 bits per heavy atom. The van der Waals surface area contributed by atoms with Crippen molar-refractivity contribution >= 4 is 12.0 Å². The van der Waals surface area contributed by atoms with E-state index in [1.165, 1.54) is 18.2 Å². The molecular formula is C11H13NO5. The van der Waals surface area contributed by atoms with Gasteiger partial charge in [-0.05, 0) is 18.9 Å². The van der Waals surface area contributed by atoms with Crippen LogP contribution in [0.25, 0.3) is 0 Å². The van der Waals surface area contributed by atoms with Gasteiger partial charge in [-0.3, -0.25) is 14.9 Å². The van der Waals surface area contributed by atoms with Crippen LogP contribution in [-0.2, 0) is 0 Å². The lowest BCUT2D eigenvalue weighted by molar-refractivity contribution is -0.384. The summed E-state index contributed by atoms with van der Waals surface area (Å²) in [6.45, 7) is 0.448. The Balaban J connectivity index is 2.71. The van der Waals surface area contributed by atoms with Crippen LogP contribution in [0.3, 0.4) is 0 Å². The highest BCUT2D eigenvalue weighted by Gasteiger charge is 2.10. The molecule has 0 fully saturated rings. The molecule has 0 saturated heterocycles. The second-order valence-corrected chi connectivity index (χ2v) is 3.38. The lowest BCUT2D eigenvalue weighted by atomic mass is 10.2. The minimum atomic E-state index is -0.567. The molecule has 0 amide bonds. The lowest BCUT2D eigenvalue weighted by Crippen LogP contribution is -2.01. The van der Waals surface area contributed by atoms with Crippen LogP contribution >= 0.6 is 0 Å². The van der Waals surface area contributed by atoms with E-state index in [-0.39, 0.29) is 17.9 Å². The van der Waals surface area contributed by atoms with E-state index in [0.717, 1.165) is 0 Å². The van der Waals surface area contributed by atoms with Crippen LogP contribution in [0.5, 0.6) is 5.75 Å². The van der Waals surface area contributed by atoms with Crippen LogP contribution in [0, 0.1) is 10.1 Å². The van der Waals surface area contributed by atoms with E-state index in [9.17, 15) is 14.9 Å². The van der Waals surface area contributed by atoms with E-state index in [4.69, 9.17) is 9.84 Å². The fraction of sp³-hybridized carbons (Fsp3) is 0.364. The molecule has 1 aromatic carbocycles. The van der Waals surface area contributed by atoms with Gasteiger partial charge in [-0.2, -0.15) is 0 Å². The molecular weight excluding hydrogens is 226 g/mol. The van der Waals surface area contributed by atoms with E-state index < -0.39 is 4.92 Å². The number of non-ortho nitro benzene ring substituents is 1. The summed E-state index contributed by atoms with van der Waals surface area (Å²) >= 11 is 0. The van der Waals surface area contributed by atoms with E-state index in [0.29, 0.717) is 31.5 Å². The topological polar surface area (TPSA) is 89.7 Å². The van der Waals surface area contributed by atoms with Gasteiger partial charge >= 0.3 is 0 Å². The summed E-state index contributed by atoms with van der Waals surface area (Å²) < 4.78 is 5.30. The normalized spacial score (nSPS) is 9.94. The van der Waals surface area contributed by atoms with Gasteiger partial charge in [-0.1, -0.05) is 0 Å². The highest BCUT2D eigenvalue weighted by atomic mass is 16.6. The van der Waals surface area contributed by atoms with Gasteiger partial charge in [0.15, 0.2) is 6.29 Å².